The van der Waals surface area contributed by atoms with E-state index in [9.17, 15) is 9.59 Å². The van der Waals surface area contributed by atoms with Gasteiger partial charge in [-0.1, -0.05) is 25.9 Å². The first-order chi connectivity index (χ1) is 10.8. The predicted molar refractivity (Wildman–Crippen MR) is 82.1 cm³/mol. The second kappa shape index (κ2) is 8.43. The molecule has 0 amide bonds. The van der Waals surface area contributed by atoms with E-state index in [0.717, 1.165) is 6.42 Å². The number of nitrogens with zero attached hydrogens (tertiary/aromatic N) is 3. The van der Waals surface area contributed by atoms with Crippen LogP contribution >= 0.6 is 0 Å². The van der Waals surface area contributed by atoms with Crippen LogP contribution in [-0.4, -0.2) is 37.3 Å². The zero-order chi connectivity index (χ0) is 17.6. The highest BCUT2D eigenvalue weighted by molar-refractivity contribution is 5.86. The summed E-state index contributed by atoms with van der Waals surface area (Å²) in [7, 11) is 1.24. The average Bonchev–Trinajstić information content (AvgIpc) is 2.53. The van der Waals surface area contributed by atoms with Gasteiger partial charge in [-0.2, -0.15) is 0 Å². The Morgan fingerprint density at radius 3 is 2.65 bits per heavy atom. The van der Waals surface area contributed by atoms with Crippen LogP contribution in [0.15, 0.2) is 16.9 Å². The lowest BCUT2D eigenvalue weighted by Crippen LogP contribution is -2.47. The number of esters is 2. The first kappa shape index (κ1) is 18.8. The van der Waals surface area contributed by atoms with Crippen LogP contribution in [0.4, 0.5) is 0 Å². The molecule has 0 fully saturated rings. The summed E-state index contributed by atoms with van der Waals surface area (Å²) in [5.41, 5.74) is 8.73. The van der Waals surface area contributed by atoms with Gasteiger partial charge in [0.2, 0.25) is 5.76 Å². The van der Waals surface area contributed by atoms with Gasteiger partial charge < -0.3 is 14.2 Å². The Balaban J connectivity index is 3.20. The third-order valence-corrected chi connectivity index (χ3v) is 4.04. The highest BCUT2D eigenvalue weighted by atomic mass is 16.6. The van der Waals surface area contributed by atoms with E-state index in [0.29, 0.717) is 0 Å². The van der Waals surface area contributed by atoms with Gasteiger partial charge >= 0.3 is 11.9 Å². The maximum absolute atomic E-state index is 11.8. The number of carbonyl (C=O) groups excluding carboxylic acids is 2. The summed E-state index contributed by atoms with van der Waals surface area (Å²) >= 11 is 0. The lowest BCUT2D eigenvalue weighted by atomic mass is 9.84. The van der Waals surface area contributed by atoms with Gasteiger partial charge in [0, 0.05) is 17.8 Å². The molecule has 0 bridgehead atoms. The zero-order valence-corrected chi connectivity index (χ0v) is 14.1. The van der Waals surface area contributed by atoms with E-state index in [-0.39, 0.29) is 17.6 Å². The molecule has 0 spiro atoms. The van der Waals surface area contributed by atoms with Crippen LogP contribution in [0.5, 0.6) is 0 Å². The van der Waals surface area contributed by atoms with Crippen molar-refractivity contribution in [3.05, 3.63) is 22.3 Å². The molecule has 2 unspecified atom stereocenters. The van der Waals surface area contributed by atoms with Crippen LogP contribution in [0.2, 0.25) is 0 Å². The number of hydrogen-bond acceptors (Lipinski definition) is 6. The van der Waals surface area contributed by atoms with Crippen molar-refractivity contribution in [3.63, 3.8) is 0 Å². The Hall–Kier alpha value is -2.21. The molecule has 0 radical (unpaired) electrons. The minimum Gasteiger partial charge on any atom is -0.479 e. The van der Waals surface area contributed by atoms with Crippen LogP contribution in [0.1, 0.15) is 34.1 Å². The van der Waals surface area contributed by atoms with Crippen LogP contribution in [0.3, 0.4) is 0 Å². The Morgan fingerprint density at radius 2 is 2.17 bits per heavy atom. The van der Waals surface area contributed by atoms with E-state index in [4.69, 9.17) is 15.0 Å². The van der Waals surface area contributed by atoms with Gasteiger partial charge in [-0.15, -0.1) is 0 Å². The third kappa shape index (κ3) is 4.63. The molecule has 1 heterocycles. The zero-order valence-electron chi connectivity index (χ0n) is 14.1. The second-order valence-corrected chi connectivity index (χ2v) is 5.62. The highest BCUT2D eigenvalue weighted by Gasteiger charge is 2.42. The fourth-order valence-corrected chi connectivity index (χ4v) is 2.51. The van der Waals surface area contributed by atoms with Gasteiger partial charge in [-0.3, -0.25) is 4.79 Å². The van der Waals surface area contributed by atoms with Gasteiger partial charge in [0.15, 0.2) is 0 Å². The van der Waals surface area contributed by atoms with E-state index in [1.165, 1.54) is 20.1 Å². The first-order valence-corrected chi connectivity index (χ1v) is 7.53. The first-order valence-electron chi connectivity index (χ1n) is 7.53. The van der Waals surface area contributed by atoms with Crippen LogP contribution in [0, 0.1) is 11.8 Å². The molecule has 8 heteroatoms. The second-order valence-electron chi connectivity index (χ2n) is 5.62. The number of ether oxygens (including phenoxy) is 3. The Bertz CT molecular complexity index is 527. The minimum absolute atomic E-state index is 0.00932. The van der Waals surface area contributed by atoms with Crippen LogP contribution in [0.25, 0.3) is 10.4 Å². The fraction of sp³-hybridized carbons (Fsp3) is 0.733. The molecule has 0 aromatic carbocycles. The van der Waals surface area contributed by atoms with Crippen LogP contribution in [-0.2, 0) is 23.8 Å². The molecule has 0 saturated heterocycles. The van der Waals surface area contributed by atoms with E-state index in [1.54, 1.807) is 0 Å². The van der Waals surface area contributed by atoms with E-state index >= 15 is 0 Å². The summed E-state index contributed by atoms with van der Waals surface area (Å²) in [5, 5.41) is 3.70. The standard InChI is InChI=1S/C15H23N3O5/c1-6-8(2)13(22-10(4)19)14-9(3)11(17-18-16)7-12(23-14)15(20)21-5/h7-9,11,13-14H,6H2,1-5H3/t8-,9-,11?,13-,14?/m1/s1. The summed E-state index contributed by atoms with van der Waals surface area (Å²) in [6.45, 7) is 7.05. The molecule has 5 atom stereocenters. The molecule has 128 valence electrons. The normalized spacial score (nSPS) is 26.0. The van der Waals surface area contributed by atoms with E-state index in [1.807, 2.05) is 20.8 Å². The summed E-state index contributed by atoms with van der Waals surface area (Å²) in [4.78, 5) is 26.0. The smallest absolute Gasteiger partial charge is 0.372 e. The quantitative estimate of drug-likeness (QED) is 0.323. The number of hydrogen-bond donors (Lipinski definition) is 0. The molecule has 1 aliphatic rings. The van der Waals surface area contributed by atoms with Gasteiger partial charge in [0.25, 0.3) is 0 Å². The maximum atomic E-state index is 11.8. The van der Waals surface area contributed by atoms with Crippen molar-refractivity contribution in [1.82, 2.24) is 0 Å². The molecular formula is C15H23N3O5. The average molecular weight is 325 g/mol. The Kier molecular flexibility index (Phi) is 6.90. The third-order valence-electron chi connectivity index (χ3n) is 4.04. The maximum Gasteiger partial charge on any atom is 0.372 e. The van der Waals surface area contributed by atoms with Crippen molar-refractivity contribution < 1.29 is 23.8 Å². The van der Waals surface area contributed by atoms with Gasteiger partial charge in [-0.25, -0.2) is 4.79 Å². The van der Waals surface area contributed by atoms with Crippen molar-refractivity contribution in [2.75, 3.05) is 7.11 Å². The summed E-state index contributed by atoms with van der Waals surface area (Å²) in [6.07, 6.45) is 1.03. The molecular weight excluding hydrogens is 302 g/mol. The number of azide groups is 1. The van der Waals surface area contributed by atoms with Gasteiger partial charge in [-0.05, 0) is 23.9 Å². The largest absolute Gasteiger partial charge is 0.479 e. The van der Waals surface area contributed by atoms with Crippen molar-refractivity contribution in [2.24, 2.45) is 17.0 Å². The molecule has 0 aliphatic carbocycles. The van der Waals surface area contributed by atoms with Gasteiger partial charge in [0.1, 0.15) is 12.2 Å². The summed E-state index contributed by atoms with van der Waals surface area (Å²) in [5.74, 6) is -1.38. The molecule has 23 heavy (non-hydrogen) atoms. The van der Waals surface area contributed by atoms with Crippen molar-refractivity contribution >= 4 is 11.9 Å². The Labute approximate surface area is 135 Å². The highest BCUT2D eigenvalue weighted by Crippen LogP contribution is 2.33. The minimum atomic E-state index is -0.661. The lowest BCUT2D eigenvalue weighted by molar-refractivity contribution is -0.165. The molecule has 0 aromatic heterocycles. The van der Waals surface area contributed by atoms with Crippen molar-refractivity contribution in [3.8, 4) is 0 Å². The molecule has 1 rings (SSSR count). The molecule has 0 saturated carbocycles. The van der Waals surface area contributed by atoms with E-state index in [2.05, 4.69) is 14.8 Å². The number of carbonyl (C=O) groups is 2. The molecule has 0 aromatic rings. The fourth-order valence-electron chi connectivity index (χ4n) is 2.51. The summed E-state index contributed by atoms with van der Waals surface area (Å²) < 4.78 is 15.8. The molecule has 0 N–H and O–H groups in total. The number of rotatable bonds is 6. The van der Waals surface area contributed by atoms with E-state index < -0.39 is 30.2 Å². The predicted octanol–water partition coefficient (Wildman–Crippen LogP) is 2.73. The number of methoxy groups -OCH3 is 1. The van der Waals surface area contributed by atoms with Crippen LogP contribution < -0.4 is 0 Å². The topological polar surface area (TPSA) is 111 Å². The van der Waals surface area contributed by atoms with Crippen molar-refractivity contribution in [1.29, 1.82) is 0 Å². The van der Waals surface area contributed by atoms with Crippen molar-refractivity contribution in [2.45, 2.75) is 52.4 Å². The lowest BCUT2D eigenvalue weighted by Gasteiger charge is -2.39. The Morgan fingerprint density at radius 1 is 1.52 bits per heavy atom. The molecule has 1 aliphatic heterocycles. The summed E-state index contributed by atoms with van der Waals surface area (Å²) in [6, 6.07) is -0.588. The van der Waals surface area contributed by atoms with Gasteiger partial charge in [0.05, 0.1) is 13.2 Å². The monoisotopic (exact) mass is 325 g/mol. The molecule has 8 nitrogen and oxygen atoms in total. The SMILES string of the molecule is CC[C@@H](C)[C@@H](OC(C)=O)C1OC(C(=O)OC)=CC(N=[N+]=[N-])[C@H]1C.